The van der Waals surface area contributed by atoms with Crippen LogP contribution >= 0.6 is 34.0 Å². The van der Waals surface area contributed by atoms with Crippen molar-refractivity contribution in [2.45, 2.75) is 69.9 Å². The Bertz CT molecular complexity index is 1400. The maximum absolute atomic E-state index is 12.8. The molecule has 3 aromatic heterocycles. The maximum Gasteiger partial charge on any atom is 0.342 e. The van der Waals surface area contributed by atoms with Gasteiger partial charge in [-0.15, -0.1) is 22.7 Å². The lowest BCUT2D eigenvalue weighted by Gasteiger charge is -2.37. The molecule has 0 saturated carbocycles. The third-order valence-corrected chi connectivity index (χ3v) is 8.46. The van der Waals surface area contributed by atoms with Gasteiger partial charge < -0.3 is 19.7 Å². The summed E-state index contributed by atoms with van der Waals surface area (Å²) in [6.07, 6.45) is 0.111. The molecule has 0 spiro atoms. The van der Waals surface area contributed by atoms with Crippen LogP contribution in [0.15, 0.2) is 63.4 Å². The largest absolute Gasteiger partial charge is 0.479 e. The van der Waals surface area contributed by atoms with Crippen LogP contribution in [0, 0.1) is 0 Å². The number of carboxylic acids is 2. The molecule has 0 aliphatic rings. The van der Waals surface area contributed by atoms with Gasteiger partial charge in [0.05, 0.1) is 33.6 Å². The zero-order valence-corrected chi connectivity index (χ0v) is 25.1. The van der Waals surface area contributed by atoms with Gasteiger partial charge in [-0.1, -0.05) is 30.3 Å². The zero-order chi connectivity index (χ0) is 29.0. The van der Waals surface area contributed by atoms with Gasteiger partial charge >= 0.3 is 11.9 Å². The summed E-state index contributed by atoms with van der Waals surface area (Å²) in [5, 5.41) is 28.7. The topological polar surface area (TPSA) is 119 Å². The highest BCUT2D eigenvalue weighted by atomic mass is 32.1. The molecule has 1 aromatic carbocycles. The first-order chi connectivity index (χ1) is 19.0. The number of carboxylic acid groups (broad SMARTS) is 2. The van der Waals surface area contributed by atoms with Gasteiger partial charge in [-0.2, -0.15) is 11.3 Å². The molecule has 8 nitrogen and oxygen atoms in total. The van der Waals surface area contributed by atoms with Crippen molar-refractivity contribution in [3.8, 4) is 0 Å². The predicted octanol–water partition coefficient (Wildman–Crippen LogP) is 6.17. The van der Waals surface area contributed by atoms with E-state index in [1.54, 1.807) is 30.1 Å². The van der Waals surface area contributed by atoms with Crippen LogP contribution in [0.4, 0.5) is 0 Å². The fourth-order valence-corrected chi connectivity index (χ4v) is 7.02. The normalized spacial score (nSPS) is 15.0. The van der Waals surface area contributed by atoms with E-state index in [0.717, 1.165) is 11.1 Å². The van der Waals surface area contributed by atoms with Gasteiger partial charge in [-0.05, 0) is 55.6 Å². The molecule has 40 heavy (non-hydrogen) atoms. The monoisotopic (exact) mass is 600 g/mol. The Hall–Kier alpha value is -2.96. The second kappa shape index (κ2) is 12.3. The van der Waals surface area contributed by atoms with Gasteiger partial charge in [-0.3, -0.25) is 0 Å². The van der Waals surface area contributed by atoms with Gasteiger partial charge in [0.25, 0.3) is 0 Å². The number of aromatic nitrogens is 2. The highest BCUT2D eigenvalue weighted by Gasteiger charge is 2.49. The van der Waals surface area contributed by atoms with Crippen LogP contribution in [-0.2, 0) is 49.5 Å². The smallest absolute Gasteiger partial charge is 0.342 e. The maximum atomic E-state index is 12.8. The highest BCUT2D eigenvalue weighted by Crippen LogP contribution is 2.38. The summed E-state index contributed by atoms with van der Waals surface area (Å²) in [6, 6.07) is 11.2. The van der Waals surface area contributed by atoms with Crippen LogP contribution in [0.2, 0.25) is 0 Å². The van der Waals surface area contributed by atoms with E-state index in [1.165, 1.54) is 34.0 Å². The molecule has 4 rings (SSSR count). The lowest BCUT2D eigenvalue weighted by molar-refractivity contribution is -0.191. The van der Waals surface area contributed by atoms with Crippen molar-refractivity contribution in [3.05, 3.63) is 91.0 Å². The first-order valence-electron chi connectivity index (χ1n) is 12.7. The number of rotatable bonds is 14. The van der Waals surface area contributed by atoms with Crippen molar-refractivity contribution in [2.24, 2.45) is 0 Å². The van der Waals surface area contributed by atoms with Crippen molar-refractivity contribution >= 4 is 45.9 Å². The summed E-state index contributed by atoms with van der Waals surface area (Å²) in [6.45, 7) is 7.21. The van der Waals surface area contributed by atoms with Crippen LogP contribution in [0.3, 0.4) is 0 Å². The van der Waals surface area contributed by atoms with Crippen LogP contribution < -0.4 is 0 Å². The van der Waals surface area contributed by atoms with E-state index < -0.39 is 28.7 Å². The molecular weight excluding hydrogens is 569 g/mol. The standard InChI is InChI=1S/C29H32N2O6S3/c1-19(2)36-28(25(32)33,12-20-8-6-5-7-9-20)23-17-40-24(31-23)14-27(3,4)37-29(26(34)35,22-16-39-18-30-22)13-21-10-11-38-15-21/h5-11,15-19H,12-14H2,1-4H3,(H,32,33)(H,34,35). The second-order valence-electron chi connectivity index (χ2n) is 10.4. The number of ether oxygens (including phenoxy) is 2. The summed E-state index contributed by atoms with van der Waals surface area (Å²) in [5.74, 6) is -2.25. The van der Waals surface area contributed by atoms with Crippen molar-refractivity contribution in [3.63, 3.8) is 0 Å². The number of benzene rings is 1. The molecule has 0 fully saturated rings. The van der Waals surface area contributed by atoms with Crippen LogP contribution in [0.25, 0.3) is 0 Å². The summed E-state index contributed by atoms with van der Waals surface area (Å²) >= 11 is 4.10. The van der Waals surface area contributed by atoms with Crippen LogP contribution in [0.1, 0.15) is 55.2 Å². The van der Waals surface area contributed by atoms with E-state index in [0.29, 0.717) is 16.4 Å². The van der Waals surface area contributed by atoms with E-state index in [1.807, 2.05) is 61.0 Å². The Balaban J connectivity index is 1.65. The summed E-state index contributed by atoms with van der Waals surface area (Å²) in [7, 11) is 0. The molecule has 11 heteroatoms. The SMILES string of the molecule is CC(C)OC(Cc1ccccc1)(C(=O)O)c1csc(CC(C)(C)OC(Cc2ccsc2)(C(=O)O)c2cscn2)n1. The predicted molar refractivity (Wildman–Crippen MR) is 156 cm³/mol. The Morgan fingerprint density at radius 1 is 0.875 bits per heavy atom. The third-order valence-electron chi connectivity index (χ3n) is 6.30. The number of nitrogens with zero attached hydrogens (tertiary/aromatic N) is 2. The molecule has 0 bridgehead atoms. The number of thiazole rings is 2. The molecule has 0 amide bonds. The van der Waals surface area contributed by atoms with Gasteiger partial charge in [0, 0.05) is 30.0 Å². The van der Waals surface area contributed by atoms with Crippen molar-refractivity contribution < 1.29 is 29.3 Å². The van der Waals surface area contributed by atoms with Crippen molar-refractivity contribution in [1.82, 2.24) is 9.97 Å². The van der Waals surface area contributed by atoms with E-state index in [4.69, 9.17) is 14.5 Å². The average Bonchev–Trinajstić information content (AvgIpc) is 3.66. The van der Waals surface area contributed by atoms with Gasteiger partial charge in [0.1, 0.15) is 0 Å². The minimum Gasteiger partial charge on any atom is -0.479 e. The van der Waals surface area contributed by atoms with Crippen molar-refractivity contribution in [2.75, 3.05) is 0 Å². The number of thiophene rings is 1. The highest BCUT2D eigenvalue weighted by molar-refractivity contribution is 7.09. The summed E-state index contributed by atoms with van der Waals surface area (Å²) in [4.78, 5) is 34.6. The van der Waals surface area contributed by atoms with Gasteiger partial charge in [0.15, 0.2) is 0 Å². The summed E-state index contributed by atoms with van der Waals surface area (Å²) < 4.78 is 12.6. The molecule has 0 saturated heterocycles. The molecule has 0 aliphatic heterocycles. The third kappa shape index (κ3) is 6.67. The number of carbonyl (C=O) groups is 2. The number of aliphatic carboxylic acids is 2. The fraction of sp³-hybridized carbons (Fsp3) is 0.379. The average molecular weight is 601 g/mol. The van der Waals surface area contributed by atoms with Gasteiger partial charge in [-0.25, -0.2) is 19.6 Å². The zero-order valence-electron chi connectivity index (χ0n) is 22.7. The van der Waals surface area contributed by atoms with Gasteiger partial charge in [0.2, 0.25) is 11.2 Å². The fourth-order valence-electron chi connectivity index (χ4n) is 4.66. The quantitative estimate of drug-likeness (QED) is 0.176. The minimum absolute atomic E-state index is 0.108. The van der Waals surface area contributed by atoms with Crippen molar-refractivity contribution in [1.29, 1.82) is 0 Å². The molecule has 2 atom stereocenters. The number of hydrogen-bond acceptors (Lipinski definition) is 9. The molecular formula is C29H32N2O6S3. The van der Waals surface area contributed by atoms with Crippen LogP contribution in [-0.4, -0.2) is 43.8 Å². The first-order valence-corrected chi connectivity index (χ1v) is 15.5. The van der Waals surface area contributed by atoms with E-state index in [9.17, 15) is 19.8 Å². The molecule has 0 aliphatic carbocycles. The molecule has 0 radical (unpaired) electrons. The summed E-state index contributed by atoms with van der Waals surface area (Å²) in [5.41, 5.74) is -0.493. The Morgan fingerprint density at radius 2 is 1.57 bits per heavy atom. The van der Waals surface area contributed by atoms with Crippen LogP contribution in [0.5, 0.6) is 0 Å². The minimum atomic E-state index is -1.70. The molecule has 2 N–H and O–H groups in total. The Morgan fingerprint density at radius 3 is 2.15 bits per heavy atom. The lowest BCUT2D eigenvalue weighted by atomic mass is 9.90. The second-order valence-corrected chi connectivity index (χ2v) is 12.9. The van der Waals surface area contributed by atoms with E-state index in [2.05, 4.69) is 4.98 Å². The van der Waals surface area contributed by atoms with E-state index in [-0.39, 0.29) is 25.4 Å². The Labute approximate surface area is 245 Å². The number of hydrogen-bond donors (Lipinski definition) is 2. The molecule has 212 valence electrons. The molecule has 3 heterocycles. The molecule has 2 unspecified atom stereocenters. The Kier molecular flexibility index (Phi) is 9.21. The lowest BCUT2D eigenvalue weighted by Crippen LogP contribution is -2.48. The molecule has 4 aromatic rings. The first kappa shape index (κ1) is 30.0. The van der Waals surface area contributed by atoms with E-state index >= 15 is 0 Å².